The van der Waals surface area contributed by atoms with E-state index in [4.69, 9.17) is 11.6 Å². The zero-order valence-corrected chi connectivity index (χ0v) is 15.7. The van der Waals surface area contributed by atoms with Gasteiger partial charge in [-0.25, -0.2) is 0 Å². The first-order chi connectivity index (χ1) is 12.9. The first-order valence-corrected chi connectivity index (χ1v) is 8.71. The summed E-state index contributed by atoms with van der Waals surface area (Å²) in [5.41, 5.74) is 4.01. The minimum Gasteiger partial charge on any atom is -0.322 e. The predicted octanol–water partition coefficient (Wildman–Crippen LogP) is 4.86. The number of pyridine rings is 1. The zero-order valence-electron chi connectivity index (χ0n) is 14.9. The van der Waals surface area contributed by atoms with Gasteiger partial charge in [0.15, 0.2) is 0 Å². The lowest BCUT2D eigenvalue weighted by atomic mass is 10.1. The van der Waals surface area contributed by atoms with Gasteiger partial charge in [-0.3, -0.25) is 14.6 Å². The van der Waals surface area contributed by atoms with Crippen molar-refractivity contribution < 1.29 is 9.59 Å². The van der Waals surface area contributed by atoms with Gasteiger partial charge in [-0.15, -0.1) is 0 Å². The Labute approximate surface area is 162 Å². The molecule has 0 atom stereocenters. The minimum atomic E-state index is -0.356. The molecule has 27 heavy (non-hydrogen) atoms. The van der Waals surface area contributed by atoms with Crippen LogP contribution in [0.15, 0.2) is 60.9 Å². The van der Waals surface area contributed by atoms with Crippen LogP contribution >= 0.6 is 11.6 Å². The standard InChI is InChI=1S/C21H18ClN3O2/c1-13-3-8-19(14(2)9-13)25-21(27)16-10-15(11-23-12-16)20(26)24-18-6-4-17(22)5-7-18/h3-12H,1-2H3,(H,24,26)(H,25,27). The van der Waals surface area contributed by atoms with Crippen molar-refractivity contribution in [1.82, 2.24) is 4.98 Å². The highest BCUT2D eigenvalue weighted by Crippen LogP contribution is 2.18. The summed E-state index contributed by atoms with van der Waals surface area (Å²) in [4.78, 5) is 29.0. The Balaban J connectivity index is 1.75. The van der Waals surface area contributed by atoms with Crippen LogP contribution in [0.3, 0.4) is 0 Å². The van der Waals surface area contributed by atoms with E-state index in [-0.39, 0.29) is 11.8 Å². The fraction of sp³-hybridized carbons (Fsp3) is 0.0952. The lowest BCUT2D eigenvalue weighted by Crippen LogP contribution is -2.16. The number of carbonyl (C=O) groups excluding carboxylic acids is 2. The van der Waals surface area contributed by atoms with Gasteiger partial charge in [0.25, 0.3) is 11.8 Å². The van der Waals surface area contributed by atoms with Crippen LogP contribution in [-0.4, -0.2) is 16.8 Å². The Morgan fingerprint density at radius 3 is 2.11 bits per heavy atom. The molecule has 0 fully saturated rings. The molecule has 0 saturated carbocycles. The van der Waals surface area contributed by atoms with E-state index in [9.17, 15) is 9.59 Å². The quantitative estimate of drug-likeness (QED) is 0.680. The number of rotatable bonds is 4. The Morgan fingerprint density at radius 2 is 1.48 bits per heavy atom. The lowest BCUT2D eigenvalue weighted by Gasteiger charge is -2.10. The van der Waals surface area contributed by atoms with Crippen molar-refractivity contribution in [3.63, 3.8) is 0 Å². The number of hydrogen-bond donors (Lipinski definition) is 2. The number of carbonyl (C=O) groups is 2. The number of nitrogens with one attached hydrogen (secondary N) is 2. The summed E-state index contributed by atoms with van der Waals surface area (Å²) in [6, 6.07) is 14.0. The largest absolute Gasteiger partial charge is 0.322 e. The van der Waals surface area contributed by atoms with E-state index in [1.165, 1.54) is 18.5 Å². The smallest absolute Gasteiger partial charge is 0.257 e. The van der Waals surface area contributed by atoms with E-state index in [1.807, 2.05) is 32.0 Å². The van der Waals surface area contributed by atoms with Crippen LogP contribution in [0.2, 0.25) is 5.02 Å². The topological polar surface area (TPSA) is 71.1 Å². The Morgan fingerprint density at radius 1 is 0.852 bits per heavy atom. The Hall–Kier alpha value is -3.18. The monoisotopic (exact) mass is 379 g/mol. The van der Waals surface area contributed by atoms with E-state index in [1.54, 1.807) is 24.3 Å². The third-order valence-electron chi connectivity index (χ3n) is 3.99. The highest BCUT2D eigenvalue weighted by atomic mass is 35.5. The van der Waals surface area contributed by atoms with E-state index >= 15 is 0 Å². The molecule has 1 aromatic heterocycles. The van der Waals surface area contributed by atoms with Crippen LogP contribution in [0.1, 0.15) is 31.8 Å². The van der Waals surface area contributed by atoms with Gasteiger partial charge in [0.1, 0.15) is 0 Å². The van der Waals surface area contributed by atoms with Crippen molar-refractivity contribution >= 4 is 34.8 Å². The van der Waals surface area contributed by atoms with Gasteiger partial charge < -0.3 is 10.6 Å². The molecular formula is C21H18ClN3O2. The van der Waals surface area contributed by atoms with Crippen LogP contribution < -0.4 is 10.6 Å². The maximum absolute atomic E-state index is 12.5. The molecule has 0 unspecified atom stereocenters. The average molecular weight is 380 g/mol. The van der Waals surface area contributed by atoms with E-state index in [0.29, 0.717) is 21.8 Å². The van der Waals surface area contributed by atoms with Crippen molar-refractivity contribution in [1.29, 1.82) is 0 Å². The number of hydrogen-bond acceptors (Lipinski definition) is 3. The summed E-state index contributed by atoms with van der Waals surface area (Å²) in [5.74, 6) is -0.679. The third-order valence-corrected chi connectivity index (χ3v) is 4.25. The summed E-state index contributed by atoms with van der Waals surface area (Å²) in [6.45, 7) is 3.92. The second-order valence-corrected chi connectivity index (χ2v) is 6.63. The molecular weight excluding hydrogens is 362 g/mol. The number of benzene rings is 2. The van der Waals surface area contributed by atoms with Crippen molar-refractivity contribution in [2.24, 2.45) is 0 Å². The van der Waals surface area contributed by atoms with Gasteiger partial charge in [0.2, 0.25) is 0 Å². The molecule has 2 amide bonds. The summed E-state index contributed by atoms with van der Waals surface area (Å²) in [5, 5.41) is 6.18. The van der Waals surface area contributed by atoms with Crippen LogP contribution in [0.5, 0.6) is 0 Å². The summed E-state index contributed by atoms with van der Waals surface area (Å²) in [6.07, 6.45) is 2.84. The summed E-state index contributed by atoms with van der Waals surface area (Å²) >= 11 is 5.84. The SMILES string of the molecule is Cc1ccc(NC(=O)c2cncc(C(=O)Nc3ccc(Cl)cc3)c2)c(C)c1. The van der Waals surface area contributed by atoms with E-state index in [2.05, 4.69) is 15.6 Å². The molecule has 0 bridgehead atoms. The molecule has 3 rings (SSSR count). The van der Waals surface area contributed by atoms with Crippen molar-refractivity contribution in [3.8, 4) is 0 Å². The third kappa shape index (κ3) is 4.71. The number of aromatic nitrogens is 1. The lowest BCUT2D eigenvalue weighted by molar-refractivity contribution is 0.102. The average Bonchev–Trinajstić information content (AvgIpc) is 2.66. The molecule has 0 aliphatic heterocycles. The maximum Gasteiger partial charge on any atom is 0.257 e. The fourth-order valence-corrected chi connectivity index (χ4v) is 2.70. The van der Waals surface area contributed by atoms with Gasteiger partial charge in [-0.05, 0) is 55.8 Å². The fourth-order valence-electron chi connectivity index (χ4n) is 2.57. The van der Waals surface area contributed by atoms with Crippen LogP contribution in [0.4, 0.5) is 11.4 Å². The molecule has 2 N–H and O–H groups in total. The highest BCUT2D eigenvalue weighted by Gasteiger charge is 2.13. The molecule has 0 radical (unpaired) electrons. The normalized spacial score (nSPS) is 10.3. The second kappa shape index (κ2) is 8.01. The molecule has 0 saturated heterocycles. The van der Waals surface area contributed by atoms with Gasteiger partial charge in [-0.2, -0.15) is 0 Å². The molecule has 136 valence electrons. The molecule has 0 aliphatic rings. The zero-order chi connectivity index (χ0) is 19.4. The molecule has 1 heterocycles. The molecule has 0 spiro atoms. The molecule has 6 heteroatoms. The van der Waals surface area contributed by atoms with Gasteiger partial charge in [0.05, 0.1) is 11.1 Å². The van der Waals surface area contributed by atoms with Crippen LogP contribution in [0, 0.1) is 13.8 Å². The Kier molecular flexibility index (Phi) is 5.52. The molecule has 3 aromatic rings. The summed E-state index contributed by atoms with van der Waals surface area (Å²) < 4.78 is 0. The number of halogens is 1. The van der Waals surface area contributed by atoms with Gasteiger partial charge in [-0.1, -0.05) is 29.3 Å². The second-order valence-electron chi connectivity index (χ2n) is 6.20. The molecule has 2 aromatic carbocycles. The molecule has 5 nitrogen and oxygen atoms in total. The summed E-state index contributed by atoms with van der Waals surface area (Å²) in [7, 11) is 0. The number of aryl methyl sites for hydroxylation is 2. The predicted molar refractivity (Wildman–Crippen MR) is 108 cm³/mol. The highest BCUT2D eigenvalue weighted by molar-refractivity contribution is 6.30. The number of anilines is 2. The first-order valence-electron chi connectivity index (χ1n) is 8.33. The van der Waals surface area contributed by atoms with Crippen molar-refractivity contribution in [2.45, 2.75) is 13.8 Å². The minimum absolute atomic E-state index is 0.290. The maximum atomic E-state index is 12.5. The van der Waals surface area contributed by atoms with Gasteiger partial charge >= 0.3 is 0 Å². The van der Waals surface area contributed by atoms with E-state index < -0.39 is 0 Å². The van der Waals surface area contributed by atoms with Crippen LogP contribution in [0.25, 0.3) is 0 Å². The number of nitrogens with zero attached hydrogens (tertiary/aromatic N) is 1. The van der Waals surface area contributed by atoms with Crippen molar-refractivity contribution in [3.05, 3.63) is 88.2 Å². The van der Waals surface area contributed by atoms with Crippen LogP contribution in [-0.2, 0) is 0 Å². The van der Waals surface area contributed by atoms with E-state index in [0.717, 1.165) is 16.8 Å². The Bertz CT molecular complexity index is 1000. The molecule has 0 aliphatic carbocycles. The van der Waals surface area contributed by atoms with Gasteiger partial charge in [0, 0.05) is 28.8 Å². The van der Waals surface area contributed by atoms with Crippen molar-refractivity contribution in [2.75, 3.05) is 10.6 Å². The number of amides is 2. The first kappa shape index (κ1) is 18.6.